The number of hydrogen-bond acceptors (Lipinski definition) is 10. The molecular weight excluding hydrogens is 671 g/mol. The van der Waals surface area contributed by atoms with Gasteiger partial charge in [-0.1, -0.05) is 80.0 Å². The Hall–Kier alpha value is -4.70. The lowest BCUT2D eigenvalue weighted by Crippen LogP contribution is -2.38. The van der Waals surface area contributed by atoms with Gasteiger partial charge in [0.15, 0.2) is 0 Å². The molecule has 6 rings (SSSR count). The summed E-state index contributed by atoms with van der Waals surface area (Å²) in [6.45, 7) is 12.7. The van der Waals surface area contributed by atoms with Crippen LogP contribution in [0.5, 0.6) is 0 Å². The van der Waals surface area contributed by atoms with E-state index in [1.54, 1.807) is 0 Å². The van der Waals surface area contributed by atoms with E-state index in [1.165, 1.54) is 0 Å². The molecular formula is C36H45N9O5S. The first kappa shape index (κ1) is 36.1. The van der Waals surface area contributed by atoms with Crippen LogP contribution in [0, 0.1) is 25.2 Å². The third kappa shape index (κ3) is 6.86. The molecule has 2 atom stereocenters. The number of fused-ring (bicyclic) bond motifs is 2. The minimum Gasteiger partial charge on any atom is -0.480 e. The zero-order valence-corrected chi connectivity index (χ0v) is 30.6. The molecule has 3 aromatic carbocycles. The number of carboxylic acid groups (broad SMARTS) is 1. The second-order valence-electron chi connectivity index (χ2n) is 13.8. The van der Waals surface area contributed by atoms with Crippen LogP contribution >= 0.6 is 10.8 Å². The van der Waals surface area contributed by atoms with E-state index in [0.29, 0.717) is 24.5 Å². The minimum absolute atomic E-state index is 0.0750. The second-order valence-corrected chi connectivity index (χ2v) is 15.8. The van der Waals surface area contributed by atoms with Gasteiger partial charge in [-0.2, -0.15) is 4.31 Å². The zero-order valence-electron chi connectivity index (χ0n) is 29.7. The average Bonchev–Trinajstić information content (AvgIpc) is 3.70. The van der Waals surface area contributed by atoms with E-state index in [4.69, 9.17) is 0 Å². The third-order valence-electron chi connectivity index (χ3n) is 10.2. The molecule has 0 saturated heterocycles. The number of carbonyl (C=O) groups excluding carboxylic acids is 1. The van der Waals surface area contributed by atoms with Crippen LogP contribution in [0.4, 0.5) is 5.95 Å². The highest BCUT2D eigenvalue weighted by molar-refractivity contribution is 8.22. The highest BCUT2D eigenvalue weighted by Gasteiger charge is 2.41. The van der Waals surface area contributed by atoms with Crippen LogP contribution in [0.25, 0.3) is 11.0 Å². The predicted octanol–water partition coefficient (Wildman–Crippen LogP) is 6.04. The Morgan fingerprint density at radius 3 is 2.51 bits per heavy atom. The summed E-state index contributed by atoms with van der Waals surface area (Å²) in [4.78, 5) is 26.3. The third-order valence-corrected chi connectivity index (χ3v) is 12.2. The van der Waals surface area contributed by atoms with Gasteiger partial charge in [-0.05, 0) is 89.1 Å². The molecule has 0 aliphatic carbocycles. The summed E-state index contributed by atoms with van der Waals surface area (Å²) < 4.78 is 28.2. The highest BCUT2D eigenvalue weighted by atomic mass is 32.3. The van der Waals surface area contributed by atoms with Gasteiger partial charge in [-0.15, -0.1) is 15.9 Å². The Kier molecular flexibility index (Phi) is 10.0. The molecule has 2 aromatic heterocycles. The van der Waals surface area contributed by atoms with Gasteiger partial charge in [0.2, 0.25) is 11.9 Å². The molecule has 1 aliphatic heterocycles. The molecule has 1 amide bonds. The molecule has 0 bridgehead atoms. The number of rotatable bonds is 11. The fraction of sp³-hybridized carbons (Fsp3) is 0.417. The Balaban J connectivity index is 1.45. The van der Waals surface area contributed by atoms with Gasteiger partial charge in [0.05, 0.1) is 15.8 Å². The van der Waals surface area contributed by atoms with Crippen molar-refractivity contribution in [2.24, 2.45) is 11.3 Å². The number of anilines is 1. The number of aliphatic carboxylic acids is 1. The number of amides is 1. The number of nitrogens with one attached hydrogen (secondary N) is 1. The molecule has 270 valence electrons. The number of hydrogen-bond donors (Lipinski definition) is 4. The standard InChI is InChI=1S/C36H45N9O5S/c1-7-24-17-25-11-9-10-12-30(25)51(49,50)43(19-24)20-27-18-26(14-13-22(27)3)32(28-15-16-29-33(23(28)4)38-41-44(29)8-2)36(5,6)34(48)37-35-39-40-42-45(35)21-31(46)47/h9-16,18,24,32,49-50H,7-8,17,19-21H2,1-6H3,(H,46,47)(H,37,39,42,48). The lowest BCUT2D eigenvalue weighted by Gasteiger charge is -2.43. The largest absolute Gasteiger partial charge is 0.480 e. The van der Waals surface area contributed by atoms with Crippen LogP contribution in [0.1, 0.15) is 73.4 Å². The molecule has 5 aromatic rings. The maximum absolute atomic E-state index is 14.3. The van der Waals surface area contributed by atoms with Crippen molar-refractivity contribution in [2.75, 3.05) is 11.9 Å². The summed E-state index contributed by atoms with van der Waals surface area (Å²) >= 11 is 0. The van der Waals surface area contributed by atoms with Crippen molar-refractivity contribution in [1.82, 2.24) is 39.5 Å². The van der Waals surface area contributed by atoms with Crippen LogP contribution < -0.4 is 5.32 Å². The van der Waals surface area contributed by atoms with Gasteiger partial charge < -0.3 is 5.11 Å². The number of carbonyl (C=O) groups is 2. The number of nitrogens with zero attached hydrogens (tertiary/aromatic N) is 8. The molecule has 51 heavy (non-hydrogen) atoms. The molecule has 15 heteroatoms. The molecule has 0 fully saturated rings. The second kappa shape index (κ2) is 14.1. The van der Waals surface area contributed by atoms with Gasteiger partial charge in [-0.3, -0.25) is 24.0 Å². The fourth-order valence-electron chi connectivity index (χ4n) is 7.14. The van der Waals surface area contributed by atoms with Crippen LogP contribution in [0.2, 0.25) is 0 Å². The predicted molar refractivity (Wildman–Crippen MR) is 194 cm³/mol. The van der Waals surface area contributed by atoms with Crippen LogP contribution in [0.3, 0.4) is 0 Å². The lowest BCUT2D eigenvalue weighted by atomic mass is 9.69. The number of aryl methyl sites for hydroxylation is 3. The van der Waals surface area contributed by atoms with Crippen molar-refractivity contribution in [3.63, 3.8) is 0 Å². The van der Waals surface area contributed by atoms with E-state index < -0.39 is 40.5 Å². The van der Waals surface area contributed by atoms with Gasteiger partial charge in [0.1, 0.15) is 12.1 Å². The van der Waals surface area contributed by atoms with E-state index in [9.17, 15) is 23.8 Å². The van der Waals surface area contributed by atoms with Gasteiger partial charge in [0.25, 0.3) is 0 Å². The molecule has 3 heterocycles. The monoisotopic (exact) mass is 715 g/mol. The van der Waals surface area contributed by atoms with Crippen molar-refractivity contribution in [1.29, 1.82) is 0 Å². The number of carboxylic acids is 1. The molecule has 1 aliphatic rings. The van der Waals surface area contributed by atoms with Crippen LogP contribution in [-0.2, 0) is 35.6 Å². The van der Waals surface area contributed by atoms with Crippen LogP contribution in [0.15, 0.2) is 59.5 Å². The summed E-state index contributed by atoms with van der Waals surface area (Å²) in [6, 6.07) is 17.6. The quantitative estimate of drug-likeness (QED) is 0.125. The number of tetrazole rings is 1. The van der Waals surface area contributed by atoms with E-state index in [1.807, 2.05) is 92.1 Å². The number of aromatic nitrogens is 7. The van der Waals surface area contributed by atoms with Crippen LogP contribution in [-0.4, -0.2) is 72.1 Å². The first-order valence-electron chi connectivity index (χ1n) is 17.1. The molecule has 2 unspecified atom stereocenters. The maximum Gasteiger partial charge on any atom is 0.325 e. The van der Waals surface area contributed by atoms with Crippen molar-refractivity contribution in [3.05, 3.63) is 88.0 Å². The van der Waals surface area contributed by atoms with Gasteiger partial charge in [0, 0.05) is 25.6 Å². The SMILES string of the molecule is CCC1Cc2ccccc2S(O)(O)N(Cc2cc(C(c3ccc4c(nnn4CC)c3C)C(C)(C)C(=O)Nc3nnnn3CC(=O)O)ccc2C)C1. The Labute approximate surface area is 298 Å². The molecule has 0 radical (unpaired) electrons. The van der Waals surface area contributed by atoms with E-state index in [0.717, 1.165) is 61.9 Å². The summed E-state index contributed by atoms with van der Waals surface area (Å²) in [5, 5.41) is 32.1. The molecule has 0 spiro atoms. The van der Waals surface area contributed by atoms with E-state index in [2.05, 4.69) is 44.1 Å². The number of benzene rings is 3. The van der Waals surface area contributed by atoms with Crippen molar-refractivity contribution < 1.29 is 23.8 Å². The van der Waals surface area contributed by atoms with Crippen molar-refractivity contribution >= 4 is 39.6 Å². The summed E-state index contributed by atoms with van der Waals surface area (Å²) in [5.74, 6) is -1.94. The lowest BCUT2D eigenvalue weighted by molar-refractivity contribution is -0.138. The highest BCUT2D eigenvalue weighted by Crippen LogP contribution is 2.56. The summed E-state index contributed by atoms with van der Waals surface area (Å²) in [6.07, 6.45) is 1.66. The van der Waals surface area contributed by atoms with Gasteiger partial charge in [-0.25, -0.2) is 9.36 Å². The summed E-state index contributed by atoms with van der Waals surface area (Å²) in [7, 11) is -3.29. The van der Waals surface area contributed by atoms with E-state index >= 15 is 0 Å². The normalized spacial score (nSPS) is 17.5. The molecule has 4 N–H and O–H groups in total. The van der Waals surface area contributed by atoms with Crippen molar-refractivity contribution in [3.8, 4) is 0 Å². The van der Waals surface area contributed by atoms with E-state index in [-0.39, 0.29) is 11.9 Å². The van der Waals surface area contributed by atoms with Gasteiger partial charge >= 0.3 is 5.97 Å². The summed E-state index contributed by atoms with van der Waals surface area (Å²) in [5.41, 5.74) is 5.89. The Morgan fingerprint density at radius 2 is 1.78 bits per heavy atom. The molecule has 0 saturated carbocycles. The zero-order chi connectivity index (χ0) is 36.7. The maximum atomic E-state index is 14.3. The Morgan fingerprint density at radius 1 is 1.02 bits per heavy atom. The first-order chi connectivity index (χ1) is 24.3. The first-order valence-corrected chi connectivity index (χ1v) is 18.6. The Bertz CT molecular complexity index is 2090. The average molecular weight is 716 g/mol. The smallest absolute Gasteiger partial charge is 0.325 e. The minimum atomic E-state index is -3.29. The fourth-order valence-corrected chi connectivity index (χ4v) is 8.92. The topological polar surface area (TPSA) is 184 Å². The van der Waals surface area contributed by atoms with Crippen molar-refractivity contribution in [2.45, 2.75) is 84.8 Å². The molecule has 14 nitrogen and oxygen atoms in total.